The van der Waals surface area contributed by atoms with Crippen molar-refractivity contribution >= 4 is 11.9 Å². The lowest BCUT2D eigenvalue weighted by Gasteiger charge is -2.33. The van der Waals surface area contributed by atoms with Gasteiger partial charge in [0.25, 0.3) is 0 Å². The molecule has 2 N–H and O–H groups in total. The van der Waals surface area contributed by atoms with Crippen LogP contribution in [0.15, 0.2) is 18.2 Å². The van der Waals surface area contributed by atoms with Crippen LogP contribution >= 0.6 is 0 Å². The van der Waals surface area contributed by atoms with E-state index < -0.39 is 11.4 Å². The Morgan fingerprint density at radius 2 is 1.87 bits per heavy atom. The van der Waals surface area contributed by atoms with Gasteiger partial charge in [0, 0.05) is 6.54 Å². The Bertz CT molecular complexity index is 607. The van der Waals surface area contributed by atoms with Crippen LogP contribution in [-0.2, 0) is 16.0 Å². The number of rotatable bonds is 5. The largest absolute Gasteiger partial charge is 0.481 e. The predicted molar refractivity (Wildman–Crippen MR) is 82.4 cm³/mol. The molecule has 6 nitrogen and oxygen atoms in total. The van der Waals surface area contributed by atoms with E-state index in [1.165, 1.54) is 0 Å². The first-order chi connectivity index (χ1) is 11.1. The molecule has 6 heteroatoms. The van der Waals surface area contributed by atoms with Crippen LogP contribution in [0.2, 0.25) is 0 Å². The minimum absolute atomic E-state index is 0.171. The highest BCUT2D eigenvalue weighted by molar-refractivity contribution is 5.81. The Hall–Kier alpha value is -2.24. The molecule has 1 aromatic carbocycles. The molecule has 0 unspecified atom stereocenters. The minimum Gasteiger partial charge on any atom is -0.481 e. The van der Waals surface area contributed by atoms with E-state index in [1.54, 1.807) is 12.1 Å². The zero-order valence-electron chi connectivity index (χ0n) is 13.0. The maximum absolute atomic E-state index is 12.1. The molecular formula is C17H21NO5. The third-order valence-electron chi connectivity index (χ3n) is 4.69. The van der Waals surface area contributed by atoms with Gasteiger partial charge in [-0.05, 0) is 30.5 Å². The summed E-state index contributed by atoms with van der Waals surface area (Å²) in [5, 5.41) is 12.3. The average molecular weight is 319 g/mol. The number of benzene rings is 1. The quantitative estimate of drug-likeness (QED) is 0.868. The first kappa shape index (κ1) is 15.6. The number of carbonyl (C=O) groups is 2. The second-order valence-electron chi connectivity index (χ2n) is 6.29. The second kappa shape index (κ2) is 6.48. The van der Waals surface area contributed by atoms with E-state index in [1.807, 2.05) is 6.07 Å². The Balaban J connectivity index is 1.57. The van der Waals surface area contributed by atoms with Crippen LogP contribution in [0.25, 0.3) is 0 Å². The highest BCUT2D eigenvalue weighted by Crippen LogP contribution is 2.36. The number of carboxylic acids is 1. The highest BCUT2D eigenvalue weighted by Gasteiger charge is 2.39. The molecule has 0 saturated heterocycles. The first-order valence-corrected chi connectivity index (χ1v) is 7.98. The molecule has 0 aromatic heterocycles. The van der Waals surface area contributed by atoms with E-state index in [4.69, 9.17) is 9.47 Å². The fraction of sp³-hybridized carbons (Fsp3) is 0.529. The maximum Gasteiger partial charge on any atom is 0.311 e. The Kier molecular flexibility index (Phi) is 4.41. The molecule has 0 bridgehead atoms. The van der Waals surface area contributed by atoms with Gasteiger partial charge in [0.2, 0.25) is 12.7 Å². The van der Waals surface area contributed by atoms with Crippen LogP contribution in [-0.4, -0.2) is 30.3 Å². The standard InChI is InChI=1S/C17H21NO5/c19-15(9-12-4-5-13-14(8-12)23-11-22-13)18-10-17(16(20)21)6-2-1-3-7-17/h4-5,8H,1-3,6-7,9-11H2,(H,18,19)(H,20,21). The normalized spacial score (nSPS) is 18.4. The molecule has 0 atom stereocenters. The van der Waals surface area contributed by atoms with Gasteiger partial charge < -0.3 is 19.9 Å². The number of hydrogen-bond donors (Lipinski definition) is 2. The van der Waals surface area contributed by atoms with Crippen LogP contribution in [0.4, 0.5) is 0 Å². The Labute approximate surface area is 134 Å². The van der Waals surface area contributed by atoms with Gasteiger partial charge >= 0.3 is 5.97 Å². The summed E-state index contributed by atoms with van der Waals surface area (Å²) in [4.78, 5) is 23.7. The molecule has 23 heavy (non-hydrogen) atoms. The number of nitrogens with one attached hydrogen (secondary N) is 1. The number of ether oxygens (including phenoxy) is 2. The molecule has 1 aliphatic heterocycles. The molecule has 1 amide bonds. The van der Waals surface area contributed by atoms with Crippen LogP contribution in [0.1, 0.15) is 37.7 Å². The van der Waals surface area contributed by atoms with E-state index in [0.717, 1.165) is 24.8 Å². The SMILES string of the molecule is O=C(Cc1ccc2c(c1)OCO2)NCC1(C(=O)O)CCCCC1. The van der Waals surface area contributed by atoms with Crippen molar-refractivity contribution in [1.82, 2.24) is 5.32 Å². The summed E-state index contributed by atoms with van der Waals surface area (Å²) in [5.41, 5.74) is 0.0164. The van der Waals surface area contributed by atoms with Crippen LogP contribution < -0.4 is 14.8 Å². The molecule has 3 rings (SSSR count). The van der Waals surface area contributed by atoms with Crippen molar-refractivity contribution in [3.05, 3.63) is 23.8 Å². The fourth-order valence-corrected chi connectivity index (χ4v) is 3.26. The highest BCUT2D eigenvalue weighted by atomic mass is 16.7. The van der Waals surface area contributed by atoms with E-state index in [2.05, 4.69) is 5.32 Å². The number of fused-ring (bicyclic) bond motifs is 1. The smallest absolute Gasteiger partial charge is 0.311 e. The van der Waals surface area contributed by atoms with Crippen molar-refractivity contribution in [1.29, 1.82) is 0 Å². The van der Waals surface area contributed by atoms with Gasteiger partial charge in [0.15, 0.2) is 11.5 Å². The topological polar surface area (TPSA) is 84.9 Å². The summed E-state index contributed by atoms with van der Waals surface area (Å²) in [6.07, 6.45) is 4.35. The number of hydrogen-bond acceptors (Lipinski definition) is 4. The van der Waals surface area contributed by atoms with Gasteiger partial charge in [0.05, 0.1) is 11.8 Å². The summed E-state index contributed by atoms with van der Waals surface area (Å²) in [6.45, 7) is 0.401. The van der Waals surface area contributed by atoms with Gasteiger partial charge in [-0.15, -0.1) is 0 Å². The number of carboxylic acid groups (broad SMARTS) is 1. The molecule has 1 saturated carbocycles. The van der Waals surface area contributed by atoms with Crippen molar-refractivity contribution < 1.29 is 24.2 Å². The Morgan fingerprint density at radius 3 is 2.61 bits per heavy atom. The minimum atomic E-state index is -0.805. The van der Waals surface area contributed by atoms with E-state index >= 15 is 0 Å². The van der Waals surface area contributed by atoms with Crippen molar-refractivity contribution in [3.8, 4) is 11.5 Å². The van der Waals surface area contributed by atoms with Crippen molar-refractivity contribution in [2.24, 2.45) is 5.41 Å². The van der Waals surface area contributed by atoms with Crippen LogP contribution in [0.5, 0.6) is 11.5 Å². The van der Waals surface area contributed by atoms with Crippen molar-refractivity contribution in [2.75, 3.05) is 13.3 Å². The van der Waals surface area contributed by atoms with Gasteiger partial charge in [0.1, 0.15) is 0 Å². The van der Waals surface area contributed by atoms with Crippen LogP contribution in [0, 0.1) is 5.41 Å². The summed E-state index contributed by atoms with van der Waals surface area (Å²) in [5.74, 6) is 0.349. The molecule has 0 radical (unpaired) electrons. The molecule has 1 aromatic rings. The zero-order chi connectivity index (χ0) is 16.3. The monoisotopic (exact) mass is 319 g/mol. The Morgan fingerprint density at radius 1 is 1.13 bits per heavy atom. The van der Waals surface area contributed by atoms with Gasteiger partial charge in [-0.3, -0.25) is 9.59 Å². The lowest BCUT2D eigenvalue weighted by molar-refractivity contribution is -0.151. The molecule has 2 aliphatic rings. The summed E-state index contributed by atoms with van der Waals surface area (Å²) in [6, 6.07) is 5.39. The summed E-state index contributed by atoms with van der Waals surface area (Å²) < 4.78 is 10.5. The lowest BCUT2D eigenvalue weighted by Crippen LogP contribution is -2.44. The number of aliphatic carboxylic acids is 1. The lowest BCUT2D eigenvalue weighted by atomic mass is 9.74. The van der Waals surface area contributed by atoms with Gasteiger partial charge in [-0.25, -0.2) is 0 Å². The number of carbonyl (C=O) groups excluding carboxylic acids is 1. The third-order valence-corrected chi connectivity index (χ3v) is 4.69. The van der Waals surface area contributed by atoms with Crippen molar-refractivity contribution in [2.45, 2.75) is 38.5 Å². The summed E-state index contributed by atoms with van der Waals surface area (Å²) in [7, 11) is 0. The number of amides is 1. The molecule has 124 valence electrons. The molecule has 1 heterocycles. The van der Waals surface area contributed by atoms with E-state index in [9.17, 15) is 14.7 Å². The van der Waals surface area contributed by atoms with Gasteiger partial charge in [-0.1, -0.05) is 25.3 Å². The zero-order valence-corrected chi connectivity index (χ0v) is 13.0. The third kappa shape index (κ3) is 3.41. The molecule has 1 fully saturated rings. The van der Waals surface area contributed by atoms with Crippen LogP contribution in [0.3, 0.4) is 0 Å². The average Bonchev–Trinajstić information content (AvgIpc) is 3.01. The van der Waals surface area contributed by atoms with E-state index in [0.29, 0.717) is 24.3 Å². The molecule has 1 aliphatic carbocycles. The van der Waals surface area contributed by atoms with E-state index in [-0.39, 0.29) is 25.7 Å². The van der Waals surface area contributed by atoms with Crippen molar-refractivity contribution in [3.63, 3.8) is 0 Å². The summed E-state index contributed by atoms with van der Waals surface area (Å²) >= 11 is 0. The predicted octanol–water partition coefficient (Wildman–Crippen LogP) is 2.11. The molecule has 0 spiro atoms. The first-order valence-electron chi connectivity index (χ1n) is 7.98. The fourth-order valence-electron chi connectivity index (χ4n) is 3.26. The second-order valence-corrected chi connectivity index (χ2v) is 6.29. The maximum atomic E-state index is 12.1. The van der Waals surface area contributed by atoms with Gasteiger partial charge in [-0.2, -0.15) is 0 Å². The molecular weight excluding hydrogens is 298 g/mol.